The van der Waals surface area contributed by atoms with Gasteiger partial charge in [0.1, 0.15) is 5.82 Å². The monoisotopic (exact) mass is 312 g/mol. The van der Waals surface area contributed by atoms with Crippen molar-refractivity contribution in [3.8, 4) is 5.69 Å². The third kappa shape index (κ3) is 3.30. The van der Waals surface area contributed by atoms with Gasteiger partial charge in [-0.3, -0.25) is 19.8 Å². The molecule has 10 heteroatoms. The van der Waals surface area contributed by atoms with Crippen LogP contribution in [0.2, 0.25) is 0 Å². The summed E-state index contributed by atoms with van der Waals surface area (Å²) >= 11 is 0. The summed E-state index contributed by atoms with van der Waals surface area (Å²) in [7, 11) is -2.86. The van der Waals surface area contributed by atoms with Crippen molar-refractivity contribution in [3.05, 3.63) is 40.7 Å². The number of carbonyl (C=O) groups excluding carboxylic acids is 1. The van der Waals surface area contributed by atoms with Gasteiger partial charge in [-0.2, -0.15) is 8.42 Å². The van der Waals surface area contributed by atoms with E-state index in [1.54, 1.807) is 0 Å². The molecular weight excluding hydrogens is 300 g/mol. The van der Waals surface area contributed by atoms with Crippen LogP contribution in [0.3, 0.4) is 0 Å². The Hall–Kier alpha value is -2.59. The van der Waals surface area contributed by atoms with Gasteiger partial charge in [0.15, 0.2) is 0 Å². The van der Waals surface area contributed by atoms with Crippen molar-refractivity contribution in [2.24, 2.45) is 0 Å². The van der Waals surface area contributed by atoms with Crippen LogP contribution in [0.15, 0.2) is 40.0 Å². The Kier molecular flexibility index (Phi) is 3.82. The molecule has 1 aromatic carbocycles. The molecule has 112 valence electrons. The van der Waals surface area contributed by atoms with Crippen LogP contribution in [0.5, 0.6) is 0 Å². The number of benzene rings is 1. The first kappa shape index (κ1) is 14.8. The lowest BCUT2D eigenvalue weighted by molar-refractivity contribution is 0.254. The van der Waals surface area contributed by atoms with Gasteiger partial charge in [0, 0.05) is 13.1 Å². The Balaban J connectivity index is 2.34. The Morgan fingerprint density at radius 3 is 2.43 bits per heavy atom. The number of aromatic nitrogens is 2. The van der Waals surface area contributed by atoms with Gasteiger partial charge in [0.25, 0.3) is 15.7 Å². The van der Waals surface area contributed by atoms with Gasteiger partial charge in [0.05, 0.1) is 10.6 Å². The molecule has 4 N–H and O–H groups in total. The van der Waals surface area contributed by atoms with Crippen LogP contribution in [-0.2, 0) is 10.1 Å². The van der Waals surface area contributed by atoms with E-state index in [1.165, 1.54) is 25.2 Å². The highest BCUT2D eigenvalue weighted by Crippen LogP contribution is 2.12. The van der Waals surface area contributed by atoms with Crippen molar-refractivity contribution in [2.45, 2.75) is 4.90 Å². The van der Waals surface area contributed by atoms with Gasteiger partial charge >= 0.3 is 6.03 Å². The highest BCUT2D eigenvalue weighted by Gasteiger charge is 2.11. The summed E-state index contributed by atoms with van der Waals surface area (Å²) in [4.78, 5) is 22.6. The number of anilines is 1. The topological polar surface area (TPSA) is 133 Å². The molecule has 0 aliphatic heterocycles. The van der Waals surface area contributed by atoms with Crippen LogP contribution in [0.1, 0.15) is 0 Å². The van der Waals surface area contributed by atoms with Crippen LogP contribution < -0.4 is 16.2 Å². The minimum Gasteiger partial charge on any atom is -0.341 e. The van der Waals surface area contributed by atoms with Crippen LogP contribution in [0.25, 0.3) is 5.69 Å². The predicted octanol–water partition coefficient (Wildman–Crippen LogP) is 0.164. The number of nitrogens with one attached hydrogen (secondary N) is 3. The molecule has 0 aliphatic carbocycles. The fourth-order valence-electron chi connectivity index (χ4n) is 1.60. The van der Waals surface area contributed by atoms with Crippen molar-refractivity contribution in [1.82, 2.24) is 15.1 Å². The number of hydrogen-bond donors (Lipinski definition) is 4. The third-order valence-electron chi connectivity index (χ3n) is 2.59. The Bertz CT molecular complexity index is 819. The van der Waals surface area contributed by atoms with Gasteiger partial charge in [-0.15, -0.1) is 0 Å². The molecular formula is C11H12N4O5S. The summed E-state index contributed by atoms with van der Waals surface area (Å²) in [6, 6.07) is 5.67. The highest BCUT2D eigenvalue weighted by molar-refractivity contribution is 7.85. The second-order valence-electron chi connectivity index (χ2n) is 4.02. The molecule has 0 spiro atoms. The van der Waals surface area contributed by atoms with E-state index in [0.717, 1.165) is 16.8 Å². The molecule has 0 aliphatic rings. The number of rotatable bonds is 3. The second kappa shape index (κ2) is 5.42. The van der Waals surface area contributed by atoms with E-state index in [9.17, 15) is 18.0 Å². The Morgan fingerprint density at radius 2 is 1.90 bits per heavy atom. The number of amides is 2. The maximum Gasteiger partial charge on any atom is 0.320 e. The molecule has 0 saturated carbocycles. The summed E-state index contributed by atoms with van der Waals surface area (Å²) in [5.74, 6) is 0.179. The lowest BCUT2D eigenvalue weighted by atomic mass is 10.3. The van der Waals surface area contributed by atoms with E-state index in [0.29, 0.717) is 5.69 Å². The van der Waals surface area contributed by atoms with E-state index in [2.05, 4.69) is 15.7 Å². The molecule has 0 atom stereocenters. The zero-order valence-electron chi connectivity index (χ0n) is 10.8. The highest BCUT2D eigenvalue weighted by atomic mass is 32.2. The largest absolute Gasteiger partial charge is 0.341 e. The summed E-state index contributed by atoms with van der Waals surface area (Å²) in [5.41, 5.74) is -0.0987. The average Bonchev–Trinajstić information content (AvgIpc) is 2.78. The van der Waals surface area contributed by atoms with E-state index in [4.69, 9.17) is 4.55 Å². The molecule has 2 amide bonds. The maximum atomic E-state index is 11.8. The van der Waals surface area contributed by atoms with Crippen molar-refractivity contribution >= 4 is 22.0 Å². The lowest BCUT2D eigenvalue weighted by Crippen LogP contribution is -2.24. The van der Waals surface area contributed by atoms with Crippen molar-refractivity contribution < 1.29 is 17.8 Å². The second-order valence-corrected chi connectivity index (χ2v) is 5.44. The molecule has 1 aromatic heterocycles. The molecule has 2 aromatic rings. The number of hydrogen-bond acceptors (Lipinski definition) is 4. The number of aromatic amines is 1. The maximum absolute atomic E-state index is 11.8. The van der Waals surface area contributed by atoms with Crippen molar-refractivity contribution in [3.63, 3.8) is 0 Å². The zero-order chi connectivity index (χ0) is 15.6. The van der Waals surface area contributed by atoms with Gasteiger partial charge in [-0.05, 0) is 24.3 Å². The number of H-pyrrole nitrogens is 1. The molecule has 0 radical (unpaired) electrons. The molecule has 0 saturated heterocycles. The number of carbonyl (C=O) groups is 1. The minimum atomic E-state index is -4.29. The average molecular weight is 312 g/mol. The summed E-state index contributed by atoms with van der Waals surface area (Å²) in [6.45, 7) is 0. The molecule has 21 heavy (non-hydrogen) atoms. The lowest BCUT2D eigenvalue weighted by Gasteiger charge is -2.04. The van der Waals surface area contributed by atoms with Crippen LogP contribution in [0, 0.1) is 0 Å². The first-order chi connectivity index (χ1) is 9.81. The Labute approximate surface area is 119 Å². The first-order valence-electron chi connectivity index (χ1n) is 5.70. The van der Waals surface area contributed by atoms with Gasteiger partial charge in [-0.1, -0.05) is 0 Å². The fraction of sp³-hybridized carbons (Fsp3) is 0.0909. The Morgan fingerprint density at radius 1 is 1.29 bits per heavy atom. The van der Waals surface area contributed by atoms with Gasteiger partial charge < -0.3 is 5.32 Å². The van der Waals surface area contributed by atoms with Crippen LogP contribution in [-0.4, -0.2) is 35.8 Å². The molecule has 0 unspecified atom stereocenters. The van der Waals surface area contributed by atoms with E-state index < -0.39 is 21.7 Å². The van der Waals surface area contributed by atoms with Crippen LogP contribution >= 0.6 is 0 Å². The zero-order valence-corrected chi connectivity index (χ0v) is 11.6. The molecule has 2 rings (SSSR count). The number of nitrogens with zero attached hydrogens (tertiary/aromatic N) is 1. The molecule has 0 bridgehead atoms. The normalized spacial score (nSPS) is 11.1. The minimum absolute atomic E-state index is 0.179. The van der Waals surface area contributed by atoms with E-state index in [1.807, 2.05) is 0 Å². The summed E-state index contributed by atoms with van der Waals surface area (Å²) < 4.78 is 31.8. The summed E-state index contributed by atoms with van der Waals surface area (Å²) in [6.07, 6.45) is 0. The SMILES string of the molecule is CNC(=O)Nc1cc(=O)n(-c2ccc(S(=O)(=O)O)cc2)[nH]1. The molecule has 1 heterocycles. The first-order valence-corrected chi connectivity index (χ1v) is 7.14. The van der Waals surface area contributed by atoms with Gasteiger partial charge in [-0.25, -0.2) is 9.48 Å². The fourth-order valence-corrected chi connectivity index (χ4v) is 2.08. The standard InChI is InChI=1S/C11H12N4O5S/c1-12-11(17)13-9-6-10(16)15(14-9)7-2-4-8(5-3-7)21(18,19)20/h2-6,14H,1H3,(H2,12,13,17)(H,18,19,20). The van der Waals surface area contributed by atoms with Crippen molar-refractivity contribution in [1.29, 1.82) is 0 Å². The number of urea groups is 1. The molecule has 0 fully saturated rings. The summed E-state index contributed by atoms with van der Waals surface area (Å²) in [5, 5.41) is 7.37. The van der Waals surface area contributed by atoms with E-state index >= 15 is 0 Å². The van der Waals surface area contributed by atoms with Crippen molar-refractivity contribution in [2.75, 3.05) is 12.4 Å². The molecule has 9 nitrogen and oxygen atoms in total. The third-order valence-corrected chi connectivity index (χ3v) is 3.46. The van der Waals surface area contributed by atoms with Gasteiger partial charge in [0.2, 0.25) is 0 Å². The predicted molar refractivity (Wildman–Crippen MR) is 74.3 cm³/mol. The smallest absolute Gasteiger partial charge is 0.320 e. The van der Waals surface area contributed by atoms with Crippen LogP contribution in [0.4, 0.5) is 10.6 Å². The quantitative estimate of drug-likeness (QED) is 0.599. The van der Waals surface area contributed by atoms with E-state index in [-0.39, 0.29) is 10.7 Å².